The van der Waals surface area contributed by atoms with Gasteiger partial charge in [0.25, 0.3) is 0 Å². The van der Waals surface area contributed by atoms with Crippen molar-refractivity contribution in [2.45, 2.75) is 31.5 Å². The number of hydrogen-bond acceptors (Lipinski definition) is 4. The molecule has 0 spiro atoms. The lowest BCUT2D eigenvalue weighted by Crippen LogP contribution is -2.36. The zero-order valence-electron chi connectivity index (χ0n) is 13.2. The topological polar surface area (TPSA) is 41.0 Å². The van der Waals surface area contributed by atoms with Crippen molar-refractivity contribution in [3.63, 3.8) is 0 Å². The van der Waals surface area contributed by atoms with E-state index in [0.29, 0.717) is 0 Å². The smallest absolute Gasteiger partial charge is 0.142 e. The molecule has 1 aliphatic heterocycles. The lowest BCUT2D eigenvalue weighted by Gasteiger charge is -2.28. The summed E-state index contributed by atoms with van der Waals surface area (Å²) in [6.45, 7) is 3.03. The van der Waals surface area contributed by atoms with E-state index in [0.717, 1.165) is 24.2 Å². The van der Waals surface area contributed by atoms with E-state index >= 15 is 0 Å². The number of hydrogen-bond donors (Lipinski definition) is 1. The number of halogens is 2. The largest absolute Gasteiger partial charge is 0.304 e. The first-order valence-electron chi connectivity index (χ1n) is 7.73. The van der Waals surface area contributed by atoms with Gasteiger partial charge in [-0.15, -0.1) is 0 Å². The fourth-order valence-electron chi connectivity index (χ4n) is 3.25. The normalized spacial score (nSPS) is 23.1. The Morgan fingerprint density at radius 3 is 2.91 bits per heavy atom. The van der Waals surface area contributed by atoms with Gasteiger partial charge >= 0.3 is 0 Å². The van der Waals surface area contributed by atoms with E-state index in [1.165, 1.54) is 6.07 Å². The Morgan fingerprint density at radius 2 is 2.22 bits per heavy atom. The molecule has 2 heterocycles. The highest BCUT2D eigenvalue weighted by atomic mass is 35.5. The van der Waals surface area contributed by atoms with Gasteiger partial charge in [0.05, 0.1) is 10.7 Å². The minimum absolute atomic E-state index is 0.0832. The standard InChI is InChI=1S/C17H20ClFN4/c1-11(16-10-20-6-7-21-16)22-15-5-8-23(2)17(15)12-3-4-13(18)14(19)9-12/h3-4,6-7,9-11,15,17,22H,5,8H2,1-2H3/t11-,15+,17-/m0/s1. The predicted octanol–water partition coefficient (Wildman–Crippen LogP) is 3.37. The molecule has 1 fully saturated rings. The molecule has 6 heteroatoms. The van der Waals surface area contributed by atoms with E-state index < -0.39 is 0 Å². The van der Waals surface area contributed by atoms with E-state index in [1.807, 2.05) is 6.07 Å². The molecule has 3 rings (SSSR count). The second-order valence-corrected chi connectivity index (χ2v) is 6.42. The van der Waals surface area contributed by atoms with Gasteiger partial charge in [-0.3, -0.25) is 14.9 Å². The lowest BCUT2D eigenvalue weighted by atomic mass is 9.99. The minimum atomic E-state index is -0.370. The molecule has 1 aromatic carbocycles. The van der Waals surface area contributed by atoms with Crippen LogP contribution in [0.25, 0.3) is 0 Å². The molecule has 3 atom stereocenters. The average molecular weight is 335 g/mol. The molecular formula is C17H20ClFN4. The molecule has 1 N–H and O–H groups in total. The van der Waals surface area contributed by atoms with E-state index in [1.54, 1.807) is 24.7 Å². The SMILES string of the molecule is C[C@H](N[C@@H]1CCN(C)[C@H]1c1ccc(Cl)c(F)c1)c1cnccn1. The number of likely N-dealkylation sites (tertiary alicyclic amines) is 1. The molecule has 122 valence electrons. The van der Waals surface area contributed by atoms with Crippen molar-refractivity contribution in [3.05, 3.63) is 58.9 Å². The second kappa shape index (κ2) is 6.91. The third-order valence-electron chi connectivity index (χ3n) is 4.42. The molecule has 1 aliphatic rings. The first-order valence-corrected chi connectivity index (χ1v) is 8.11. The number of aromatic nitrogens is 2. The summed E-state index contributed by atoms with van der Waals surface area (Å²) in [5.74, 6) is -0.370. The van der Waals surface area contributed by atoms with Gasteiger partial charge in [0.1, 0.15) is 5.82 Å². The van der Waals surface area contributed by atoms with Crippen LogP contribution in [0, 0.1) is 5.82 Å². The van der Waals surface area contributed by atoms with Gasteiger partial charge in [-0.25, -0.2) is 4.39 Å². The summed E-state index contributed by atoms with van der Waals surface area (Å²) in [4.78, 5) is 10.7. The molecule has 1 aromatic heterocycles. The number of benzene rings is 1. The van der Waals surface area contributed by atoms with Gasteiger partial charge in [0.15, 0.2) is 0 Å². The molecule has 2 aromatic rings. The van der Waals surface area contributed by atoms with Crippen LogP contribution in [0.1, 0.15) is 36.7 Å². The molecule has 23 heavy (non-hydrogen) atoms. The zero-order valence-corrected chi connectivity index (χ0v) is 14.0. The molecule has 1 saturated heterocycles. The predicted molar refractivity (Wildman–Crippen MR) is 88.8 cm³/mol. The Kier molecular flexibility index (Phi) is 4.90. The Morgan fingerprint density at radius 1 is 1.39 bits per heavy atom. The number of nitrogens with zero attached hydrogens (tertiary/aromatic N) is 3. The van der Waals surface area contributed by atoms with Crippen molar-refractivity contribution in [2.24, 2.45) is 0 Å². The quantitative estimate of drug-likeness (QED) is 0.930. The van der Waals surface area contributed by atoms with Gasteiger partial charge < -0.3 is 5.32 Å². The molecular weight excluding hydrogens is 315 g/mol. The van der Waals surface area contributed by atoms with Gasteiger partial charge in [-0.1, -0.05) is 17.7 Å². The summed E-state index contributed by atoms with van der Waals surface area (Å²) in [6, 6.07) is 5.48. The molecule has 4 nitrogen and oxygen atoms in total. The summed E-state index contributed by atoms with van der Waals surface area (Å²) >= 11 is 5.81. The summed E-state index contributed by atoms with van der Waals surface area (Å²) in [7, 11) is 2.06. The van der Waals surface area contributed by atoms with Crippen LogP contribution < -0.4 is 5.32 Å². The van der Waals surface area contributed by atoms with Crippen molar-refractivity contribution in [2.75, 3.05) is 13.6 Å². The first-order chi connectivity index (χ1) is 11.1. The molecule has 0 bridgehead atoms. The monoisotopic (exact) mass is 334 g/mol. The third kappa shape index (κ3) is 3.52. The Bertz CT molecular complexity index is 667. The second-order valence-electron chi connectivity index (χ2n) is 6.01. The average Bonchev–Trinajstić information content (AvgIpc) is 2.91. The molecule has 0 aliphatic carbocycles. The maximum atomic E-state index is 13.8. The maximum Gasteiger partial charge on any atom is 0.142 e. The van der Waals surface area contributed by atoms with Gasteiger partial charge in [-0.2, -0.15) is 0 Å². The van der Waals surface area contributed by atoms with Crippen molar-refractivity contribution in [1.82, 2.24) is 20.2 Å². The Labute approximate surface area is 140 Å². The Hall–Kier alpha value is -1.56. The van der Waals surface area contributed by atoms with E-state index in [-0.39, 0.29) is 29.0 Å². The summed E-state index contributed by atoms with van der Waals surface area (Å²) in [5, 5.41) is 3.77. The first kappa shape index (κ1) is 16.3. The van der Waals surface area contributed by atoms with Crippen molar-refractivity contribution >= 4 is 11.6 Å². The van der Waals surface area contributed by atoms with Crippen LogP contribution in [0.15, 0.2) is 36.8 Å². The molecule has 0 amide bonds. The van der Waals surface area contributed by atoms with E-state index in [4.69, 9.17) is 11.6 Å². The highest BCUT2D eigenvalue weighted by Gasteiger charge is 2.34. The number of rotatable bonds is 4. The fourth-order valence-corrected chi connectivity index (χ4v) is 3.36. The van der Waals surface area contributed by atoms with Crippen LogP contribution in [0.3, 0.4) is 0 Å². The molecule has 0 radical (unpaired) electrons. The van der Waals surface area contributed by atoms with Gasteiger partial charge in [0, 0.05) is 43.3 Å². The van der Waals surface area contributed by atoms with E-state index in [2.05, 4.69) is 34.2 Å². The lowest BCUT2D eigenvalue weighted by molar-refractivity contribution is 0.277. The number of likely N-dealkylation sites (N-methyl/N-ethyl adjacent to an activating group) is 1. The molecule has 0 saturated carbocycles. The van der Waals surface area contributed by atoms with E-state index in [9.17, 15) is 4.39 Å². The van der Waals surface area contributed by atoms with Crippen LogP contribution in [-0.4, -0.2) is 34.5 Å². The zero-order chi connectivity index (χ0) is 16.4. The van der Waals surface area contributed by atoms with Crippen LogP contribution in [0.5, 0.6) is 0 Å². The maximum absolute atomic E-state index is 13.8. The summed E-state index contributed by atoms with van der Waals surface area (Å²) < 4.78 is 13.8. The van der Waals surface area contributed by atoms with Crippen LogP contribution in [-0.2, 0) is 0 Å². The Balaban J connectivity index is 1.79. The van der Waals surface area contributed by atoms with Gasteiger partial charge in [-0.05, 0) is 38.1 Å². The van der Waals surface area contributed by atoms with Crippen molar-refractivity contribution in [3.8, 4) is 0 Å². The van der Waals surface area contributed by atoms with Crippen LogP contribution in [0.2, 0.25) is 5.02 Å². The van der Waals surface area contributed by atoms with Gasteiger partial charge in [0.2, 0.25) is 0 Å². The highest BCUT2D eigenvalue weighted by molar-refractivity contribution is 6.30. The minimum Gasteiger partial charge on any atom is -0.304 e. The molecule has 0 unspecified atom stereocenters. The fraction of sp³-hybridized carbons (Fsp3) is 0.412. The third-order valence-corrected chi connectivity index (χ3v) is 4.73. The van der Waals surface area contributed by atoms with Crippen LogP contribution >= 0.6 is 11.6 Å². The van der Waals surface area contributed by atoms with Crippen LogP contribution in [0.4, 0.5) is 4.39 Å². The van der Waals surface area contributed by atoms with Crippen molar-refractivity contribution in [1.29, 1.82) is 0 Å². The highest BCUT2D eigenvalue weighted by Crippen LogP contribution is 2.33. The number of nitrogens with one attached hydrogen (secondary N) is 1. The summed E-state index contributed by atoms with van der Waals surface area (Å²) in [5.41, 5.74) is 1.85. The summed E-state index contributed by atoms with van der Waals surface area (Å²) in [6.07, 6.45) is 6.13. The van der Waals surface area contributed by atoms with Crippen molar-refractivity contribution < 1.29 is 4.39 Å².